The van der Waals surface area contributed by atoms with Gasteiger partial charge in [0, 0.05) is 36.5 Å². The largest absolute Gasteiger partial charge is 0.338 e. The minimum atomic E-state index is -0.362. The van der Waals surface area contributed by atoms with E-state index < -0.39 is 0 Å². The van der Waals surface area contributed by atoms with Gasteiger partial charge in [-0.1, -0.05) is 0 Å². The molecule has 4 nitrogen and oxygen atoms in total. The first kappa shape index (κ1) is 16.3. The maximum absolute atomic E-state index is 13.0. The number of carbonyl (C=O) groups excluding carboxylic acids is 2. The summed E-state index contributed by atoms with van der Waals surface area (Å²) in [6.45, 7) is 2.84. The second-order valence-corrected chi connectivity index (χ2v) is 6.10. The van der Waals surface area contributed by atoms with Crippen LogP contribution in [-0.4, -0.2) is 34.7 Å². The van der Waals surface area contributed by atoms with Gasteiger partial charge >= 0.3 is 0 Å². The summed E-state index contributed by atoms with van der Waals surface area (Å²) in [5.74, 6) is -0.725. The van der Waals surface area contributed by atoms with Crippen LogP contribution in [0.3, 0.4) is 0 Å². The van der Waals surface area contributed by atoms with Gasteiger partial charge in [-0.15, -0.1) is 0 Å². The fourth-order valence-electron chi connectivity index (χ4n) is 3.11. The number of pyridine rings is 1. The van der Waals surface area contributed by atoms with Gasteiger partial charge in [0.25, 0.3) is 5.91 Å². The fraction of sp³-hybridized carbons (Fsp3) is 0.316. The third-order valence-electron chi connectivity index (χ3n) is 4.45. The minimum Gasteiger partial charge on any atom is -0.338 e. The Morgan fingerprint density at radius 1 is 1.21 bits per heavy atom. The topological polar surface area (TPSA) is 50.3 Å². The van der Waals surface area contributed by atoms with E-state index in [0.29, 0.717) is 29.9 Å². The molecule has 0 bridgehead atoms. The van der Waals surface area contributed by atoms with Crippen molar-refractivity contribution in [3.05, 3.63) is 65.2 Å². The predicted molar refractivity (Wildman–Crippen MR) is 88.3 cm³/mol. The highest BCUT2D eigenvalue weighted by atomic mass is 19.1. The van der Waals surface area contributed by atoms with Crippen LogP contribution in [0.1, 0.15) is 39.3 Å². The second-order valence-electron chi connectivity index (χ2n) is 6.10. The Morgan fingerprint density at radius 2 is 1.96 bits per heavy atom. The molecule has 5 heteroatoms. The van der Waals surface area contributed by atoms with Crippen molar-refractivity contribution in [1.29, 1.82) is 0 Å². The van der Waals surface area contributed by atoms with Gasteiger partial charge in [0.2, 0.25) is 0 Å². The van der Waals surface area contributed by atoms with Gasteiger partial charge in [0.05, 0.1) is 5.56 Å². The number of Topliss-reactive ketones (excluding diaryl/α,β-unsaturated/α-hetero) is 1. The number of hydrogen-bond acceptors (Lipinski definition) is 3. The van der Waals surface area contributed by atoms with Gasteiger partial charge in [-0.3, -0.25) is 14.6 Å². The molecule has 1 fully saturated rings. The highest BCUT2D eigenvalue weighted by molar-refractivity contribution is 5.99. The summed E-state index contributed by atoms with van der Waals surface area (Å²) in [5.41, 5.74) is 1.76. The van der Waals surface area contributed by atoms with E-state index in [1.54, 1.807) is 30.2 Å². The number of carbonyl (C=O) groups is 2. The number of benzene rings is 1. The Kier molecular flexibility index (Phi) is 4.69. The molecule has 1 saturated heterocycles. The van der Waals surface area contributed by atoms with Gasteiger partial charge in [-0.2, -0.15) is 0 Å². The number of aromatic nitrogens is 1. The average Bonchev–Trinajstić information content (AvgIpc) is 2.62. The smallest absolute Gasteiger partial charge is 0.255 e. The highest BCUT2D eigenvalue weighted by Crippen LogP contribution is 2.23. The molecular weight excluding hydrogens is 307 g/mol. The Labute approximate surface area is 140 Å². The molecule has 1 aliphatic heterocycles. The normalized spacial score (nSPS) is 17.6. The predicted octanol–water partition coefficient (Wildman–Crippen LogP) is 3.26. The number of rotatable bonds is 3. The number of amides is 1. The van der Waals surface area contributed by atoms with Crippen LogP contribution in [0.15, 0.2) is 42.6 Å². The molecule has 0 unspecified atom stereocenters. The van der Waals surface area contributed by atoms with E-state index in [1.807, 2.05) is 0 Å². The number of likely N-dealkylation sites (tertiary alicyclic amines) is 1. The first-order chi connectivity index (χ1) is 11.6. The molecule has 3 rings (SSSR count). The van der Waals surface area contributed by atoms with Gasteiger partial charge in [0.15, 0.2) is 5.78 Å². The van der Waals surface area contributed by atoms with E-state index in [2.05, 4.69) is 4.98 Å². The van der Waals surface area contributed by atoms with Gasteiger partial charge < -0.3 is 4.90 Å². The lowest BCUT2D eigenvalue weighted by atomic mass is 9.89. The zero-order valence-electron chi connectivity index (χ0n) is 13.5. The summed E-state index contributed by atoms with van der Waals surface area (Å²) in [7, 11) is 0. The van der Waals surface area contributed by atoms with Gasteiger partial charge in [-0.05, 0) is 56.2 Å². The number of piperidine rings is 1. The molecule has 1 atom stereocenters. The van der Waals surface area contributed by atoms with Crippen molar-refractivity contribution in [2.45, 2.75) is 19.8 Å². The molecule has 1 amide bonds. The van der Waals surface area contributed by atoms with Crippen molar-refractivity contribution in [3.8, 4) is 0 Å². The molecule has 2 heterocycles. The van der Waals surface area contributed by atoms with E-state index in [1.165, 1.54) is 24.3 Å². The van der Waals surface area contributed by atoms with Crippen LogP contribution in [-0.2, 0) is 0 Å². The Hall–Kier alpha value is -2.56. The third kappa shape index (κ3) is 3.35. The molecule has 0 N–H and O–H groups in total. The van der Waals surface area contributed by atoms with Gasteiger partial charge in [0.1, 0.15) is 5.82 Å². The highest BCUT2D eigenvalue weighted by Gasteiger charge is 2.30. The van der Waals surface area contributed by atoms with E-state index in [-0.39, 0.29) is 23.4 Å². The van der Waals surface area contributed by atoms with Crippen molar-refractivity contribution in [2.75, 3.05) is 13.1 Å². The van der Waals surface area contributed by atoms with E-state index in [9.17, 15) is 14.0 Å². The van der Waals surface area contributed by atoms with Crippen LogP contribution < -0.4 is 0 Å². The lowest BCUT2D eigenvalue weighted by Crippen LogP contribution is -2.42. The zero-order chi connectivity index (χ0) is 17.1. The zero-order valence-corrected chi connectivity index (χ0v) is 13.5. The lowest BCUT2D eigenvalue weighted by molar-refractivity contribution is 0.0636. The second kappa shape index (κ2) is 6.91. The van der Waals surface area contributed by atoms with E-state index >= 15 is 0 Å². The molecule has 0 spiro atoms. The van der Waals surface area contributed by atoms with Crippen molar-refractivity contribution >= 4 is 11.7 Å². The minimum absolute atomic E-state index is 0.0320. The maximum atomic E-state index is 13.0. The van der Waals surface area contributed by atoms with Crippen LogP contribution in [0.4, 0.5) is 4.39 Å². The van der Waals surface area contributed by atoms with Crippen LogP contribution in [0.25, 0.3) is 0 Å². The van der Waals surface area contributed by atoms with Crippen LogP contribution in [0.2, 0.25) is 0 Å². The first-order valence-electron chi connectivity index (χ1n) is 8.07. The maximum Gasteiger partial charge on any atom is 0.255 e. The molecule has 124 valence electrons. The number of halogens is 1. The molecular formula is C19H19FN2O2. The standard InChI is InChI=1S/C19H19FN2O2/c1-13-17(5-2-10-21-13)19(24)22-11-3-4-15(12-22)18(23)14-6-8-16(20)9-7-14/h2,5-10,15H,3-4,11-12H2,1H3/t15-/m1/s1. The van der Waals surface area contributed by atoms with Crippen molar-refractivity contribution in [1.82, 2.24) is 9.88 Å². The van der Waals surface area contributed by atoms with Crippen molar-refractivity contribution < 1.29 is 14.0 Å². The van der Waals surface area contributed by atoms with Gasteiger partial charge in [-0.25, -0.2) is 4.39 Å². The molecule has 1 aromatic carbocycles. The Morgan fingerprint density at radius 3 is 2.67 bits per heavy atom. The number of aryl methyl sites for hydroxylation is 1. The summed E-state index contributed by atoms with van der Waals surface area (Å²) >= 11 is 0. The molecule has 0 saturated carbocycles. The summed E-state index contributed by atoms with van der Waals surface area (Å²) < 4.78 is 13.0. The van der Waals surface area contributed by atoms with Crippen LogP contribution in [0, 0.1) is 18.7 Å². The van der Waals surface area contributed by atoms with E-state index in [4.69, 9.17) is 0 Å². The summed E-state index contributed by atoms with van der Waals surface area (Å²) in [5, 5.41) is 0. The number of ketones is 1. The summed E-state index contributed by atoms with van der Waals surface area (Å²) in [4.78, 5) is 31.2. The molecule has 0 radical (unpaired) electrons. The molecule has 1 aliphatic rings. The Balaban J connectivity index is 1.74. The molecule has 0 aliphatic carbocycles. The fourth-order valence-corrected chi connectivity index (χ4v) is 3.11. The molecule has 1 aromatic heterocycles. The van der Waals surface area contributed by atoms with E-state index in [0.717, 1.165) is 12.8 Å². The SMILES string of the molecule is Cc1ncccc1C(=O)N1CCC[C@@H](C(=O)c2ccc(F)cc2)C1. The lowest BCUT2D eigenvalue weighted by Gasteiger charge is -2.32. The number of nitrogens with zero attached hydrogens (tertiary/aromatic N) is 2. The van der Waals surface area contributed by atoms with Crippen molar-refractivity contribution in [3.63, 3.8) is 0 Å². The van der Waals surface area contributed by atoms with Crippen LogP contribution in [0.5, 0.6) is 0 Å². The number of hydrogen-bond donors (Lipinski definition) is 0. The first-order valence-corrected chi connectivity index (χ1v) is 8.07. The molecule has 2 aromatic rings. The summed E-state index contributed by atoms with van der Waals surface area (Å²) in [6, 6.07) is 9.09. The Bertz CT molecular complexity index is 758. The average molecular weight is 326 g/mol. The van der Waals surface area contributed by atoms with Crippen LogP contribution >= 0.6 is 0 Å². The third-order valence-corrected chi connectivity index (χ3v) is 4.45. The quantitative estimate of drug-likeness (QED) is 0.814. The molecule has 24 heavy (non-hydrogen) atoms. The summed E-state index contributed by atoms with van der Waals surface area (Å²) in [6.07, 6.45) is 3.18. The van der Waals surface area contributed by atoms with Crippen molar-refractivity contribution in [2.24, 2.45) is 5.92 Å². The monoisotopic (exact) mass is 326 g/mol.